The number of benzene rings is 1. The maximum atomic E-state index is 12.4. The van der Waals surface area contributed by atoms with Crippen molar-refractivity contribution in [2.75, 3.05) is 13.1 Å². The zero-order valence-electron chi connectivity index (χ0n) is 12.6. The lowest BCUT2D eigenvalue weighted by molar-refractivity contribution is -0.0849. The number of nitrogens with zero attached hydrogens (tertiary/aromatic N) is 2. The van der Waals surface area contributed by atoms with Crippen LogP contribution in [0.25, 0.3) is 0 Å². The molecule has 4 rings (SSSR count). The van der Waals surface area contributed by atoms with Crippen LogP contribution in [0.15, 0.2) is 52.8 Å². The zero-order chi connectivity index (χ0) is 15.7. The first-order chi connectivity index (χ1) is 11.3. The summed E-state index contributed by atoms with van der Waals surface area (Å²) < 4.78 is 0. The average molecular weight is 327 g/mol. The molecule has 0 bridgehead atoms. The van der Waals surface area contributed by atoms with Gasteiger partial charge in [0.25, 0.3) is 5.91 Å². The van der Waals surface area contributed by atoms with Crippen LogP contribution in [0.4, 0.5) is 0 Å². The summed E-state index contributed by atoms with van der Waals surface area (Å²) in [4.78, 5) is 25.6. The van der Waals surface area contributed by atoms with E-state index >= 15 is 0 Å². The fourth-order valence-corrected chi connectivity index (χ4v) is 3.63. The molecular formula is C17H17N3O2S. The number of thiophene rings is 1. The molecule has 3 heterocycles. The first-order valence-corrected chi connectivity index (χ1v) is 8.56. The van der Waals surface area contributed by atoms with Gasteiger partial charge in [-0.1, -0.05) is 36.4 Å². The molecule has 1 spiro atoms. The highest BCUT2D eigenvalue weighted by Gasteiger charge is 2.41. The Kier molecular flexibility index (Phi) is 3.63. The van der Waals surface area contributed by atoms with E-state index in [-0.39, 0.29) is 5.91 Å². The van der Waals surface area contributed by atoms with Gasteiger partial charge in [-0.2, -0.15) is 0 Å². The first kappa shape index (κ1) is 14.4. The van der Waals surface area contributed by atoms with E-state index in [1.165, 1.54) is 11.3 Å². The van der Waals surface area contributed by atoms with Gasteiger partial charge in [0.15, 0.2) is 11.6 Å². The van der Waals surface area contributed by atoms with E-state index in [0.717, 1.165) is 16.3 Å². The van der Waals surface area contributed by atoms with Crippen LogP contribution in [0.2, 0.25) is 0 Å². The average Bonchev–Trinajstić information content (AvgIpc) is 3.26. The van der Waals surface area contributed by atoms with Crippen molar-refractivity contribution in [2.45, 2.75) is 18.6 Å². The standard InChI is InChI=1S/C17H17N3O2S/c21-16(14-7-4-12-23-14)20-10-8-17(9-11-20)18-15(19-22-17)13-5-2-1-3-6-13/h1-7,12H,8-11H2,(H,18,19). The minimum absolute atomic E-state index is 0.105. The number of aliphatic imine (C=N–C) groups is 1. The number of hydrogen-bond donors (Lipinski definition) is 1. The third-order valence-electron chi connectivity index (χ3n) is 4.26. The maximum Gasteiger partial charge on any atom is 0.263 e. The van der Waals surface area contributed by atoms with Gasteiger partial charge in [0.05, 0.1) is 4.88 Å². The third kappa shape index (κ3) is 2.75. The van der Waals surface area contributed by atoms with Crippen LogP contribution in [0.1, 0.15) is 28.1 Å². The van der Waals surface area contributed by atoms with Gasteiger partial charge >= 0.3 is 0 Å². The Balaban J connectivity index is 1.45. The van der Waals surface area contributed by atoms with Gasteiger partial charge in [0.2, 0.25) is 0 Å². The van der Waals surface area contributed by atoms with Crippen LogP contribution >= 0.6 is 11.3 Å². The molecule has 2 aliphatic heterocycles. The van der Waals surface area contributed by atoms with Crippen molar-refractivity contribution >= 4 is 23.1 Å². The number of carbonyl (C=O) groups is 1. The Labute approximate surface area is 138 Å². The first-order valence-electron chi connectivity index (χ1n) is 7.68. The predicted molar refractivity (Wildman–Crippen MR) is 89.4 cm³/mol. The van der Waals surface area contributed by atoms with Crippen molar-refractivity contribution < 1.29 is 9.63 Å². The zero-order valence-corrected chi connectivity index (χ0v) is 13.4. The Hall–Kier alpha value is -2.18. The van der Waals surface area contributed by atoms with Gasteiger partial charge in [-0.3, -0.25) is 4.79 Å². The van der Waals surface area contributed by atoms with E-state index in [1.54, 1.807) is 0 Å². The maximum absolute atomic E-state index is 12.4. The number of amides is 1. The smallest absolute Gasteiger partial charge is 0.263 e. The molecule has 2 aliphatic rings. The van der Waals surface area contributed by atoms with Crippen molar-refractivity contribution in [1.29, 1.82) is 0 Å². The minimum atomic E-state index is -0.544. The number of likely N-dealkylation sites (tertiary alicyclic amines) is 1. The monoisotopic (exact) mass is 327 g/mol. The number of amidine groups is 1. The van der Waals surface area contributed by atoms with Crippen molar-refractivity contribution in [3.8, 4) is 0 Å². The molecule has 1 aromatic heterocycles. The lowest BCUT2D eigenvalue weighted by Gasteiger charge is -2.35. The molecule has 23 heavy (non-hydrogen) atoms. The second-order valence-corrected chi connectivity index (χ2v) is 6.69. The van der Waals surface area contributed by atoms with E-state index < -0.39 is 5.72 Å². The van der Waals surface area contributed by atoms with Gasteiger partial charge in [-0.05, 0) is 11.4 Å². The van der Waals surface area contributed by atoms with E-state index in [4.69, 9.17) is 9.83 Å². The molecule has 1 amide bonds. The topological polar surface area (TPSA) is 53.9 Å². The summed E-state index contributed by atoms with van der Waals surface area (Å²) in [7, 11) is 0. The van der Waals surface area contributed by atoms with E-state index in [0.29, 0.717) is 25.9 Å². The molecule has 5 nitrogen and oxygen atoms in total. The number of carbonyl (C=O) groups excluding carboxylic acids is 1. The number of piperidine rings is 1. The summed E-state index contributed by atoms with van der Waals surface area (Å²) in [5.41, 5.74) is 3.42. The summed E-state index contributed by atoms with van der Waals surface area (Å²) in [6.45, 7) is 1.31. The number of nitrogens with one attached hydrogen (secondary N) is 1. The fraction of sp³-hybridized carbons (Fsp3) is 0.294. The summed E-state index contributed by atoms with van der Waals surface area (Å²) in [5, 5.41) is 1.93. The molecule has 0 radical (unpaired) electrons. The van der Waals surface area contributed by atoms with E-state index in [2.05, 4.69) is 5.48 Å². The van der Waals surface area contributed by atoms with Gasteiger partial charge in [0.1, 0.15) is 0 Å². The lowest BCUT2D eigenvalue weighted by atomic mass is 10.0. The van der Waals surface area contributed by atoms with E-state index in [1.807, 2.05) is 52.7 Å². The molecule has 0 atom stereocenters. The SMILES string of the molecule is O=C(c1cccs1)N1CCC2(CC1)N=C(c1ccccc1)NO2. The molecule has 118 valence electrons. The molecule has 1 saturated heterocycles. The Morgan fingerprint density at radius 3 is 2.65 bits per heavy atom. The molecule has 1 fully saturated rings. The van der Waals surface area contributed by atoms with Crippen molar-refractivity contribution in [3.05, 3.63) is 58.3 Å². The lowest BCUT2D eigenvalue weighted by Crippen LogP contribution is -2.46. The van der Waals surface area contributed by atoms with Crippen LogP contribution in [-0.2, 0) is 4.84 Å². The van der Waals surface area contributed by atoms with Gasteiger partial charge in [0, 0.05) is 31.5 Å². The third-order valence-corrected chi connectivity index (χ3v) is 5.12. The van der Waals surface area contributed by atoms with Crippen LogP contribution in [0.3, 0.4) is 0 Å². The second kappa shape index (κ2) is 5.79. The van der Waals surface area contributed by atoms with Crippen LogP contribution in [0, 0.1) is 0 Å². The summed E-state index contributed by atoms with van der Waals surface area (Å²) in [6, 6.07) is 13.7. The highest BCUT2D eigenvalue weighted by Crippen LogP contribution is 2.31. The number of hydrogen-bond acceptors (Lipinski definition) is 5. The Morgan fingerprint density at radius 2 is 1.96 bits per heavy atom. The quantitative estimate of drug-likeness (QED) is 0.922. The molecule has 1 aromatic carbocycles. The molecule has 1 N–H and O–H groups in total. The molecule has 6 heteroatoms. The van der Waals surface area contributed by atoms with E-state index in [9.17, 15) is 4.79 Å². The van der Waals surface area contributed by atoms with Crippen molar-refractivity contribution in [1.82, 2.24) is 10.4 Å². The molecule has 2 aromatic rings. The fourth-order valence-electron chi connectivity index (χ4n) is 2.94. The van der Waals surface area contributed by atoms with Crippen LogP contribution in [0.5, 0.6) is 0 Å². The molecular weight excluding hydrogens is 310 g/mol. The molecule has 0 unspecified atom stereocenters. The summed E-state index contributed by atoms with van der Waals surface area (Å²) in [5.74, 6) is 0.872. The molecule has 0 saturated carbocycles. The summed E-state index contributed by atoms with van der Waals surface area (Å²) in [6.07, 6.45) is 1.40. The summed E-state index contributed by atoms with van der Waals surface area (Å²) >= 11 is 1.48. The predicted octanol–water partition coefficient (Wildman–Crippen LogP) is 2.66. The number of hydroxylamine groups is 1. The van der Waals surface area contributed by atoms with Gasteiger partial charge < -0.3 is 4.90 Å². The second-order valence-electron chi connectivity index (χ2n) is 5.75. The minimum Gasteiger partial charge on any atom is -0.338 e. The van der Waals surface area contributed by atoms with Gasteiger partial charge in [-0.25, -0.2) is 15.3 Å². The highest BCUT2D eigenvalue weighted by atomic mass is 32.1. The normalized spacial score (nSPS) is 19.5. The Morgan fingerprint density at radius 1 is 1.17 bits per heavy atom. The van der Waals surface area contributed by atoms with Crippen LogP contribution < -0.4 is 5.48 Å². The molecule has 0 aliphatic carbocycles. The largest absolute Gasteiger partial charge is 0.338 e. The highest BCUT2D eigenvalue weighted by molar-refractivity contribution is 7.12. The van der Waals surface area contributed by atoms with Crippen LogP contribution in [-0.4, -0.2) is 35.5 Å². The Bertz CT molecular complexity index is 720. The van der Waals surface area contributed by atoms with Gasteiger partial charge in [-0.15, -0.1) is 11.3 Å². The van der Waals surface area contributed by atoms with Crippen molar-refractivity contribution in [2.24, 2.45) is 4.99 Å². The van der Waals surface area contributed by atoms with Crippen molar-refractivity contribution in [3.63, 3.8) is 0 Å². The number of rotatable bonds is 2.